The third kappa shape index (κ3) is 5.55. The molecule has 3 aromatic carbocycles. The number of ether oxygens (including phenoxy) is 4. The van der Waals surface area contributed by atoms with Crippen molar-refractivity contribution >= 4 is 22.6 Å². The van der Waals surface area contributed by atoms with E-state index in [2.05, 4.69) is 15.6 Å². The van der Waals surface area contributed by atoms with Crippen LogP contribution in [0, 0.1) is 0 Å². The smallest absolute Gasteiger partial charge is 0.319 e. The zero-order valence-corrected chi connectivity index (χ0v) is 20.0. The van der Waals surface area contributed by atoms with E-state index in [0.717, 1.165) is 22.2 Å². The van der Waals surface area contributed by atoms with Gasteiger partial charge in [-0.25, -0.2) is 4.79 Å². The van der Waals surface area contributed by atoms with Crippen molar-refractivity contribution in [3.05, 3.63) is 78.5 Å². The molecule has 2 N–H and O–H groups in total. The minimum Gasteiger partial charge on any atom is -0.497 e. The Morgan fingerprint density at radius 3 is 2.11 bits per heavy atom. The lowest BCUT2D eigenvalue weighted by Crippen LogP contribution is -2.31. The standard InChI is InChI=1S/C27H27N3O5/c1-17(18-5-9-20(32-2)10-6-18)29-27(31)30-19-7-11-21(12-8-19)35-24-13-14-28-23-16-26(34-4)25(33-3)15-22(23)24/h5-17H,1-4H3,(H2,29,30,31). The first-order valence-corrected chi connectivity index (χ1v) is 11.0. The van der Waals surface area contributed by atoms with Gasteiger partial charge in [-0.3, -0.25) is 4.98 Å². The molecule has 0 bridgehead atoms. The Morgan fingerprint density at radius 2 is 1.46 bits per heavy atom. The van der Waals surface area contributed by atoms with Crippen molar-refractivity contribution < 1.29 is 23.7 Å². The normalized spacial score (nSPS) is 11.4. The summed E-state index contributed by atoms with van der Waals surface area (Å²) in [7, 11) is 4.79. The average Bonchev–Trinajstić information content (AvgIpc) is 2.89. The van der Waals surface area contributed by atoms with E-state index >= 15 is 0 Å². The van der Waals surface area contributed by atoms with Crippen molar-refractivity contribution in [1.29, 1.82) is 0 Å². The summed E-state index contributed by atoms with van der Waals surface area (Å²) < 4.78 is 22.0. The molecule has 0 radical (unpaired) electrons. The third-order valence-electron chi connectivity index (χ3n) is 5.51. The number of fused-ring (bicyclic) bond motifs is 1. The van der Waals surface area contributed by atoms with Gasteiger partial charge in [0.15, 0.2) is 11.5 Å². The van der Waals surface area contributed by atoms with Crippen LogP contribution in [0.5, 0.6) is 28.7 Å². The lowest BCUT2D eigenvalue weighted by molar-refractivity contribution is 0.249. The number of nitrogens with zero attached hydrogens (tertiary/aromatic N) is 1. The number of hydrogen-bond acceptors (Lipinski definition) is 6. The highest BCUT2D eigenvalue weighted by Crippen LogP contribution is 2.37. The second kappa shape index (κ2) is 10.6. The van der Waals surface area contributed by atoms with Gasteiger partial charge >= 0.3 is 6.03 Å². The molecule has 2 amide bonds. The van der Waals surface area contributed by atoms with Gasteiger partial charge in [-0.1, -0.05) is 12.1 Å². The summed E-state index contributed by atoms with van der Waals surface area (Å²) in [6, 6.07) is 19.7. The molecule has 35 heavy (non-hydrogen) atoms. The molecule has 0 saturated carbocycles. The van der Waals surface area contributed by atoms with Crippen molar-refractivity contribution in [3.8, 4) is 28.7 Å². The van der Waals surface area contributed by atoms with E-state index in [0.29, 0.717) is 28.7 Å². The van der Waals surface area contributed by atoms with Crippen LogP contribution in [0.4, 0.5) is 10.5 Å². The van der Waals surface area contributed by atoms with Gasteiger partial charge < -0.3 is 29.6 Å². The van der Waals surface area contributed by atoms with Crippen molar-refractivity contribution in [2.45, 2.75) is 13.0 Å². The molecule has 8 nitrogen and oxygen atoms in total. The van der Waals surface area contributed by atoms with Gasteiger partial charge in [-0.2, -0.15) is 0 Å². The van der Waals surface area contributed by atoms with E-state index in [9.17, 15) is 4.79 Å². The molecule has 0 aliphatic rings. The van der Waals surface area contributed by atoms with E-state index in [1.807, 2.05) is 37.3 Å². The predicted molar refractivity (Wildman–Crippen MR) is 135 cm³/mol. The Hall–Kier alpha value is -4.46. The number of hydrogen-bond donors (Lipinski definition) is 2. The first-order valence-electron chi connectivity index (χ1n) is 11.0. The van der Waals surface area contributed by atoms with Crippen LogP contribution in [-0.4, -0.2) is 32.3 Å². The zero-order valence-electron chi connectivity index (χ0n) is 20.0. The van der Waals surface area contributed by atoms with Gasteiger partial charge in [0, 0.05) is 23.3 Å². The molecule has 4 aromatic rings. The molecule has 8 heteroatoms. The highest BCUT2D eigenvalue weighted by molar-refractivity contribution is 5.90. The summed E-state index contributed by atoms with van der Waals surface area (Å²) in [6.07, 6.45) is 1.67. The Bertz CT molecular complexity index is 1310. The summed E-state index contributed by atoms with van der Waals surface area (Å²) in [6.45, 7) is 1.92. The lowest BCUT2D eigenvalue weighted by Gasteiger charge is -2.16. The number of benzene rings is 3. The van der Waals surface area contributed by atoms with E-state index in [1.165, 1.54) is 0 Å². The minimum absolute atomic E-state index is 0.168. The highest BCUT2D eigenvalue weighted by Gasteiger charge is 2.12. The first-order chi connectivity index (χ1) is 17.0. The molecular formula is C27H27N3O5. The van der Waals surface area contributed by atoms with Crippen LogP contribution in [0.3, 0.4) is 0 Å². The van der Waals surface area contributed by atoms with Gasteiger partial charge in [0.25, 0.3) is 0 Å². The van der Waals surface area contributed by atoms with E-state index in [-0.39, 0.29) is 12.1 Å². The maximum Gasteiger partial charge on any atom is 0.319 e. The number of carbonyl (C=O) groups excluding carboxylic acids is 1. The molecule has 0 saturated heterocycles. The summed E-state index contributed by atoms with van der Waals surface area (Å²) in [5.41, 5.74) is 2.34. The monoisotopic (exact) mass is 473 g/mol. The molecule has 4 rings (SSSR count). The molecule has 1 atom stereocenters. The first kappa shape index (κ1) is 23.7. The summed E-state index contributed by atoms with van der Waals surface area (Å²) >= 11 is 0. The quantitative estimate of drug-likeness (QED) is 0.329. The molecule has 0 fully saturated rings. The summed E-state index contributed by atoms with van der Waals surface area (Å²) in [4.78, 5) is 16.8. The average molecular weight is 474 g/mol. The van der Waals surface area contributed by atoms with Crippen molar-refractivity contribution in [1.82, 2.24) is 10.3 Å². The second-order valence-corrected chi connectivity index (χ2v) is 7.75. The molecule has 0 spiro atoms. The number of methoxy groups -OCH3 is 3. The number of carbonyl (C=O) groups is 1. The maximum absolute atomic E-state index is 12.4. The van der Waals surface area contributed by atoms with Crippen molar-refractivity contribution in [2.75, 3.05) is 26.6 Å². The Labute approximate surface area is 203 Å². The van der Waals surface area contributed by atoms with Crippen LogP contribution in [-0.2, 0) is 0 Å². The molecule has 1 heterocycles. The number of amides is 2. The van der Waals surface area contributed by atoms with Gasteiger partial charge in [-0.05, 0) is 61.0 Å². The molecule has 0 aliphatic heterocycles. The largest absolute Gasteiger partial charge is 0.497 e. The fraction of sp³-hybridized carbons (Fsp3) is 0.185. The van der Waals surface area contributed by atoms with Gasteiger partial charge in [0.1, 0.15) is 17.2 Å². The number of rotatable bonds is 8. The second-order valence-electron chi connectivity index (χ2n) is 7.75. The molecule has 1 aromatic heterocycles. The summed E-state index contributed by atoms with van der Waals surface area (Å²) in [5, 5.41) is 6.56. The van der Waals surface area contributed by atoms with Crippen LogP contribution in [0.25, 0.3) is 10.9 Å². The predicted octanol–water partition coefficient (Wildman–Crippen LogP) is 5.94. The highest BCUT2D eigenvalue weighted by atomic mass is 16.5. The molecule has 180 valence electrons. The summed E-state index contributed by atoms with van der Waals surface area (Å²) in [5.74, 6) is 3.20. The number of nitrogens with one attached hydrogen (secondary N) is 2. The van der Waals surface area contributed by atoms with Gasteiger partial charge in [0.2, 0.25) is 0 Å². The topological polar surface area (TPSA) is 90.9 Å². The lowest BCUT2D eigenvalue weighted by atomic mass is 10.1. The van der Waals surface area contributed by atoms with E-state index < -0.39 is 0 Å². The number of anilines is 1. The Morgan fingerprint density at radius 1 is 0.800 bits per heavy atom. The van der Waals surface area contributed by atoms with Crippen molar-refractivity contribution in [2.24, 2.45) is 0 Å². The minimum atomic E-state index is -0.303. The number of aromatic nitrogens is 1. The zero-order chi connectivity index (χ0) is 24.8. The van der Waals surface area contributed by atoms with Crippen LogP contribution >= 0.6 is 0 Å². The van der Waals surface area contributed by atoms with Crippen LogP contribution in [0.1, 0.15) is 18.5 Å². The fourth-order valence-electron chi connectivity index (χ4n) is 3.61. The SMILES string of the molecule is COc1ccc(C(C)NC(=O)Nc2ccc(Oc3ccnc4cc(OC)c(OC)cc34)cc2)cc1. The van der Waals surface area contributed by atoms with Crippen LogP contribution < -0.4 is 29.6 Å². The fourth-order valence-corrected chi connectivity index (χ4v) is 3.61. The van der Waals surface area contributed by atoms with E-state index in [1.54, 1.807) is 63.9 Å². The molecule has 1 unspecified atom stereocenters. The van der Waals surface area contributed by atoms with Gasteiger partial charge in [-0.15, -0.1) is 0 Å². The Balaban J connectivity index is 1.41. The molecule has 0 aliphatic carbocycles. The van der Waals surface area contributed by atoms with Crippen molar-refractivity contribution in [3.63, 3.8) is 0 Å². The van der Waals surface area contributed by atoms with Gasteiger partial charge in [0.05, 0.1) is 32.9 Å². The van der Waals surface area contributed by atoms with E-state index in [4.69, 9.17) is 18.9 Å². The third-order valence-corrected chi connectivity index (χ3v) is 5.51. The Kier molecular flexibility index (Phi) is 7.21. The number of pyridine rings is 1. The van der Waals surface area contributed by atoms with Crippen LogP contribution in [0.15, 0.2) is 72.9 Å². The maximum atomic E-state index is 12.4. The molecular weight excluding hydrogens is 446 g/mol. The number of urea groups is 1. The van der Waals surface area contributed by atoms with Crippen LogP contribution in [0.2, 0.25) is 0 Å².